The summed E-state index contributed by atoms with van der Waals surface area (Å²) in [4.78, 5) is 13.9. The standard InChI is InChI=1S/C13H21N5O/c1-2-17-7-3-4-9(8-17)11-10-5-6-15-12(10)18(16-11)13(14)19/h9,15H,2-8H2,1H3,(H2,14,19). The Labute approximate surface area is 112 Å². The van der Waals surface area contributed by atoms with Gasteiger partial charge in [0.15, 0.2) is 0 Å². The molecule has 1 saturated heterocycles. The van der Waals surface area contributed by atoms with Crippen molar-refractivity contribution in [3.05, 3.63) is 11.3 Å². The first-order valence-electron chi connectivity index (χ1n) is 7.08. The minimum atomic E-state index is -0.500. The molecule has 6 heteroatoms. The Balaban J connectivity index is 1.92. The second-order valence-corrected chi connectivity index (χ2v) is 5.37. The van der Waals surface area contributed by atoms with Crippen LogP contribution in [0.4, 0.5) is 10.6 Å². The third kappa shape index (κ3) is 2.10. The maximum Gasteiger partial charge on any atom is 0.341 e. The van der Waals surface area contributed by atoms with E-state index in [9.17, 15) is 4.79 Å². The Morgan fingerprint density at radius 1 is 1.58 bits per heavy atom. The molecule has 1 aromatic heterocycles. The molecule has 1 fully saturated rings. The molecule has 104 valence electrons. The number of carbonyl (C=O) groups is 1. The zero-order valence-electron chi connectivity index (χ0n) is 11.4. The number of nitrogens with two attached hydrogens (primary N) is 1. The SMILES string of the molecule is CCN1CCCC(c2nn(C(N)=O)c3c2CCN3)C1. The summed E-state index contributed by atoms with van der Waals surface area (Å²) in [7, 11) is 0. The molecule has 3 heterocycles. The molecule has 3 N–H and O–H groups in total. The number of fused-ring (bicyclic) bond motifs is 1. The zero-order chi connectivity index (χ0) is 13.4. The molecule has 2 aliphatic rings. The van der Waals surface area contributed by atoms with Crippen LogP contribution in [0.3, 0.4) is 0 Å². The molecule has 1 amide bonds. The van der Waals surface area contributed by atoms with Crippen LogP contribution in [0, 0.1) is 0 Å². The molecule has 0 spiro atoms. The Morgan fingerprint density at radius 3 is 3.16 bits per heavy atom. The number of hydrogen-bond donors (Lipinski definition) is 2. The second kappa shape index (κ2) is 4.85. The highest BCUT2D eigenvalue weighted by Crippen LogP contribution is 2.34. The van der Waals surface area contributed by atoms with Crippen molar-refractivity contribution in [2.75, 3.05) is 31.5 Å². The average Bonchev–Trinajstić information content (AvgIpc) is 2.99. The van der Waals surface area contributed by atoms with Crippen molar-refractivity contribution >= 4 is 11.8 Å². The maximum absolute atomic E-state index is 11.4. The number of nitrogens with zero attached hydrogens (tertiary/aromatic N) is 3. The van der Waals surface area contributed by atoms with Gasteiger partial charge >= 0.3 is 6.03 Å². The number of rotatable bonds is 2. The molecule has 0 radical (unpaired) electrons. The zero-order valence-corrected chi connectivity index (χ0v) is 11.4. The first kappa shape index (κ1) is 12.5. The number of amides is 1. The molecule has 0 aliphatic carbocycles. The van der Waals surface area contributed by atoms with E-state index >= 15 is 0 Å². The Hall–Kier alpha value is -1.56. The van der Waals surface area contributed by atoms with Crippen LogP contribution in [0.15, 0.2) is 0 Å². The Kier molecular flexibility index (Phi) is 3.18. The van der Waals surface area contributed by atoms with Gasteiger partial charge < -0.3 is 16.0 Å². The molecule has 6 nitrogen and oxygen atoms in total. The van der Waals surface area contributed by atoms with Crippen molar-refractivity contribution in [1.82, 2.24) is 14.7 Å². The van der Waals surface area contributed by atoms with Gasteiger partial charge in [-0.2, -0.15) is 9.78 Å². The lowest BCUT2D eigenvalue weighted by Crippen LogP contribution is -2.34. The van der Waals surface area contributed by atoms with E-state index < -0.39 is 6.03 Å². The molecule has 3 rings (SSSR count). The third-order valence-corrected chi connectivity index (χ3v) is 4.23. The van der Waals surface area contributed by atoms with Crippen molar-refractivity contribution in [1.29, 1.82) is 0 Å². The molecule has 0 saturated carbocycles. The van der Waals surface area contributed by atoms with Gasteiger partial charge in [-0.1, -0.05) is 6.92 Å². The molecular weight excluding hydrogens is 242 g/mol. The van der Waals surface area contributed by atoms with Crippen LogP contribution in [-0.4, -0.2) is 46.9 Å². The Morgan fingerprint density at radius 2 is 2.42 bits per heavy atom. The van der Waals surface area contributed by atoms with Crippen LogP contribution in [0.25, 0.3) is 0 Å². The highest BCUT2D eigenvalue weighted by Gasteiger charge is 2.30. The van der Waals surface area contributed by atoms with Crippen molar-refractivity contribution in [2.45, 2.75) is 32.1 Å². The summed E-state index contributed by atoms with van der Waals surface area (Å²) in [5, 5.41) is 7.70. The van der Waals surface area contributed by atoms with Crippen molar-refractivity contribution in [3.8, 4) is 0 Å². The van der Waals surface area contributed by atoms with Gasteiger partial charge in [-0.3, -0.25) is 0 Å². The largest absolute Gasteiger partial charge is 0.369 e. The number of likely N-dealkylation sites (tertiary alicyclic amines) is 1. The lowest BCUT2D eigenvalue weighted by molar-refractivity contribution is 0.215. The number of carbonyl (C=O) groups excluding carboxylic acids is 1. The van der Waals surface area contributed by atoms with Crippen LogP contribution in [0.2, 0.25) is 0 Å². The van der Waals surface area contributed by atoms with Gasteiger partial charge in [0, 0.05) is 24.6 Å². The highest BCUT2D eigenvalue weighted by molar-refractivity contribution is 5.79. The van der Waals surface area contributed by atoms with E-state index in [-0.39, 0.29) is 0 Å². The van der Waals surface area contributed by atoms with Crippen LogP contribution in [0.1, 0.15) is 36.9 Å². The molecule has 2 aliphatic heterocycles. The smallest absolute Gasteiger partial charge is 0.341 e. The van der Waals surface area contributed by atoms with Gasteiger partial charge in [0.25, 0.3) is 0 Å². The number of aromatic nitrogens is 2. The van der Waals surface area contributed by atoms with E-state index in [1.807, 2.05) is 0 Å². The molecule has 19 heavy (non-hydrogen) atoms. The topological polar surface area (TPSA) is 76.2 Å². The van der Waals surface area contributed by atoms with Crippen molar-refractivity contribution < 1.29 is 4.79 Å². The lowest BCUT2D eigenvalue weighted by Gasteiger charge is -2.31. The lowest BCUT2D eigenvalue weighted by atomic mass is 9.92. The van der Waals surface area contributed by atoms with Crippen LogP contribution < -0.4 is 11.1 Å². The number of hydrogen-bond acceptors (Lipinski definition) is 4. The fourth-order valence-electron chi connectivity index (χ4n) is 3.25. The monoisotopic (exact) mass is 263 g/mol. The van der Waals surface area contributed by atoms with Gasteiger partial charge in [0.2, 0.25) is 0 Å². The molecule has 0 aromatic carbocycles. The van der Waals surface area contributed by atoms with E-state index in [4.69, 9.17) is 5.73 Å². The van der Waals surface area contributed by atoms with Crippen LogP contribution in [0.5, 0.6) is 0 Å². The summed E-state index contributed by atoms with van der Waals surface area (Å²) in [6.45, 7) is 6.35. The van der Waals surface area contributed by atoms with Gasteiger partial charge in [-0.25, -0.2) is 4.79 Å². The van der Waals surface area contributed by atoms with Gasteiger partial charge in [0.05, 0.1) is 5.69 Å². The van der Waals surface area contributed by atoms with E-state index in [1.165, 1.54) is 23.2 Å². The maximum atomic E-state index is 11.4. The summed E-state index contributed by atoms with van der Waals surface area (Å²) in [6.07, 6.45) is 3.30. The first-order valence-corrected chi connectivity index (χ1v) is 7.08. The highest BCUT2D eigenvalue weighted by atomic mass is 16.2. The van der Waals surface area contributed by atoms with Gasteiger partial charge in [-0.05, 0) is 32.4 Å². The molecule has 1 atom stereocenters. The quantitative estimate of drug-likeness (QED) is 0.834. The first-order chi connectivity index (χ1) is 9.20. The normalized spacial score (nSPS) is 23.1. The number of primary amides is 1. The average molecular weight is 263 g/mol. The fourth-order valence-corrected chi connectivity index (χ4v) is 3.25. The van der Waals surface area contributed by atoms with E-state index in [0.717, 1.165) is 44.0 Å². The number of likely N-dealkylation sites (N-methyl/N-ethyl adjacent to an activating group) is 1. The van der Waals surface area contributed by atoms with Crippen molar-refractivity contribution in [2.24, 2.45) is 5.73 Å². The molecule has 1 unspecified atom stereocenters. The number of anilines is 1. The fraction of sp³-hybridized carbons (Fsp3) is 0.692. The number of piperidine rings is 1. The predicted octanol–water partition coefficient (Wildman–Crippen LogP) is 0.977. The summed E-state index contributed by atoms with van der Waals surface area (Å²) in [5.41, 5.74) is 7.67. The predicted molar refractivity (Wildman–Crippen MR) is 73.5 cm³/mol. The third-order valence-electron chi connectivity index (χ3n) is 4.23. The van der Waals surface area contributed by atoms with Crippen LogP contribution in [-0.2, 0) is 6.42 Å². The Bertz CT molecular complexity index is 495. The summed E-state index contributed by atoms with van der Waals surface area (Å²) < 4.78 is 1.34. The minimum absolute atomic E-state index is 0.433. The molecule has 1 aromatic rings. The summed E-state index contributed by atoms with van der Waals surface area (Å²) >= 11 is 0. The van der Waals surface area contributed by atoms with Crippen LogP contribution >= 0.6 is 0 Å². The number of nitrogens with one attached hydrogen (secondary N) is 1. The minimum Gasteiger partial charge on any atom is -0.369 e. The van der Waals surface area contributed by atoms with Gasteiger partial charge in [-0.15, -0.1) is 0 Å². The molecular formula is C13H21N5O. The van der Waals surface area contributed by atoms with E-state index in [2.05, 4.69) is 22.2 Å². The summed E-state index contributed by atoms with van der Waals surface area (Å²) in [5.74, 6) is 1.25. The molecule has 0 bridgehead atoms. The van der Waals surface area contributed by atoms with Gasteiger partial charge in [0.1, 0.15) is 5.82 Å². The second-order valence-electron chi connectivity index (χ2n) is 5.37. The van der Waals surface area contributed by atoms with Crippen molar-refractivity contribution in [3.63, 3.8) is 0 Å². The summed E-state index contributed by atoms with van der Waals surface area (Å²) in [6, 6.07) is -0.500. The van der Waals surface area contributed by atoms with E-state index in [1.54, 1.807) is 0 Å². The van der Waals surface area contributed by atoms with E-state index in [0.29, 0.717) is 5.92 Å².